The molecule has 0 fully saturated rings. The number of thiophene rings is 1. The number of anilines is 2. The summed E-state index contributed by atoms with van der Waals surface area (Å²) in [5.41, 5.74) is 7.34. The SMILES string of the molecule is Cc1cc(N2CCc3sccc3C2)cc(C)c1NCCCc1ccccc1F. The van der Waals surface area contributed by atoms with Crippen LogP contribution in [0.3, 0.4) is 0 Å². The molecule has 1 N–H and O–H groups in total. The largest absolute Gasteiger partial charge is 0.385 e. The molecule has 0 amide bonds. The zero-order chi connectivity index (χ0) is 19.5. The van der Waals surface area contributed by atoms with Gasteiger partial charge in [-0.05, 0) is 85.0 Å². The summed E-state index contributed by atoms with van der Waals surface area (Å²) < 4.78 is 13.7. The summed E-state index contributed by atoms with van der Waals surface area (Å²) in [6.07, 6.45) is 2.81. The average Bonchev–Trinajstić information content (AvgIpc) is 3.15. The number of aryl methyl sites for hydroxylation is 3. The summed E-state index contributed by atoms with van der Waals surface area (Å²) in [7, 11) is 0. The van der Waals surface area contributed by atoms with Crippen LogP contribution in [0.15, 0.2) is 47.8 Å². The molecule has 0 unspecified atom stereocenters. The Bertz CT molecular complexity index is 940. The van der Waals surface area contributed by atoms with Crippen LogP contribution in [0, 0.1) is 19.7 Å². The van der Waals surface area contributed by atoms with E-state index in [-0.39, 0.29) is 5.82 Å². The van der Waals surface area contributed by atoms with Gasteiger partial charge in [-0.1, -0.05) is 18.2 Å². The summed E-state index contributed by atoms with van der Waals surface area (Å²) >= 11 is 1.88. The maximum Gasteiger partial charge on any atom is 0.126 e. The summed E-state index contributed by atoms with van der Waals surface area (Å²) in [4.78, 5) is 4.02. The van der Waals surface area contributed by atoms with E-state index < -0.39 is 0 Å². The smallest absolute Gasteiger partial charge is 0.126 e. The zero-order valence-corrected chi connectivity index (χ0v) is 17.4. The average molecular weight is 395 g/mol. The van der Waals surface area contributed by atoms with Gasteiger partial charge in [0, 0.05) is 35.9 Å². The van der Waals surface area contributed by atoms with E-state index in [1.165, 1.54) is 39.0 Å². The molecule has 28 heavy (non-hydrogen) atoms. The Kier molecular flexibility index (Phi) is 5.67. The van der Waals surface area contributed by atoms with Crippen molar-refractivity contribution in [3.63, 3.8) is 0 Å². The third-order valence-electron chi connectivity index (χ3n) is 5.57. The lowest BCUT2D eigenvalue weighted by atomic mass is 10.0. The number of benzene rings is 2. The number of halogens is 1. The molecule has 0 saturated carbocycles. The minimum atomic E-state index is -0.102. The lowest BCUT2D eigenvalue weighted by Crippen LogP contribution is -2.29. The van der Waals surface area contributed by atoms with Crippen molar-refractivity contribution in [3.05, 3.63) is 80.8 Å². The van der Waals surface area contributed by atoms with Gasteiger partial charge in [0.25, 0.3) is 0 Å². The second-order valence-corrected chi connectivity index (χ2v) is 8.62. The van der Waals surface area contributed by atoms with E-state index in [0.717, 1.165) is 44.5 Å². The Balaban J connectivity index is 1.38. The fourth-order valence-corrected chi connectivity index (χ4v) is 4.95. The molecule has 2 aromatic carbocycles. The number of nitrogens with one attached hydrogen (secondary N) is 1. The molecule has 1 aliphatic heterocycles. The van der Waals surface area contributed by atoms with Gasteiger partial charge in [-0.2, -0.15) is 0 Å². The van der Waals surface area contributed by atoms with Gasteiger partial charge in [0.1, 0.15) is 5.82 Å². The van der Waals surface area contributed by atoms with Crippen LogP contribution in [0.4, 0.5) is 15.8 Å². The Hall–Kier alpha value is -2.33. The molecular formula is C24H27FN2S. The number of rotatable bonds is 6. The van der Waals surface area contributed by atoms with E-state index in [1.54, 1.807) is 6.07 Å². The van der Waals surface area contributed by atoms with Gasteiger partial charge in [0.15, 0.2) is 0 Å². The predicted octanol–water partition coefficient (Wildman–Crippen LogP) is 6.11. The van der Waals surface area contributed by atoms with Crippen LogP contribution in [0.5, 0.6) is 0 Å². The van der Waals surface area contributed by atoms with Crippen molar-refractivity contribution < 1.29 is 4.39 Å². The van der Waals surface area contributed by atoms with E-state index in [1.807, 2.05) is 23.5 Å². The van der Waals surface area contributed by atoms with Gasteiger partial charge in [-0.3, -0.25) is 0 Å². The molecule has 1 aliphatic rings. The van der Waals surface area contributed by atoms with Crippen LogP contribution < -0.4 is 10.2 Å². The highest BCUT2D eigenvalue weighted by molar-refractivity contribution is 7.10. The van der Waals surface area contributed by atoms with Crippen molar-refractivity contribution in [3.8, 4) is 0 Å². The molecule has 0 atom stereocenters. The third-order valence-corrected chi connectivity index (χ3v) is 6.60. The van der Waals surface area contributed by atoms with Crippen LogP contribution >= 0.6 is 11.3 Å². The first-order chi connectivity index (χ1) is 13.6. The van der Waals surface area contributed by atoms with Gasteiger partial charge in [-0.15, -0.1) is 11.3 Å². The Labute approximate surface area is 171 Å². The van der Waals surface area contributed by atoms with E-state index in [0.29, 0.717) is 0 Å². The quantitative estimate of drug-likeness (QED) is 0.507. The second kappa shape index (κ2) is 8.36. The topological polar surface area (TPSA) is 15.3 Å². The molecule has 3 aromatic rings. The highest BCUT2D eigenvalue weighted by Crippen LogP contribution is 2.32. The van der Waals surface area contributed by atoms with Crippen LogP contribution in [-0.2, 0) is 19.4 Å². The van der Waals surface area contributed by atoms with Crippen molar-refractivity contribution in [2.75, 3.05) is 23.3 Å². The van der Waals surface area contributed by atoms with Gasteiger partial charge in [0.2, 0.25) is 0 Å². The molecule has 4 heteroatoms. The van der Waals surface area contributed by atoms with E-state index in [9.17, 15) is 4.39 Å². The van der Waals surface area contributed by atoms with Crippen molar-refractivity contribution in [2.45, 2.75) is 39.7 Å². The lowest BCUT2D eigenvalue weighted by molar-refractivity contribution is 0.606. The van der Waals surface area contributed by atoms with Gasteiger partial charge in [-0.25, -0.2) is 4.39 Å². The van der Waals surface area contributed by atoms with Crippen LogP contribution in [0.25, 0.3) is 0 Å². The summed E-state index contributed by atoms with van der Waals surface area (Å²) in [5, 5.41) is 5.78. The summed E-state index contributed by atoms with van der Waals surface area (Å²) in [5.74, 6) is -0.102. The molecule has 0 radical (unpaired) electrons. The molecule has 0 aliphatic carbocycles. The van der Waals surface area contributed by atoms with Crippen LogP contribution in [0.2, 0.25) is 0 Å². The predicted molar refractivity (Wildman–Crippen MR) is 118 cm³/mol. The first-order valence-electron chi connectivity index (χ1n) is 10.0. The molecule has 2 nitrogen and oxygen atoms in total. The Morgan fingerprint density at radius 2 is 1.89 bits per heavy atom. The third kappa shape index (κ3) is 4.07. The molecule has 146 valence electrons. The van der Waals surface area contributed by atoms with E-state index in [4.69, 9.17) is 0 Å². The van der Waals surface area contributed by atoms with E-state index >= 15 is 0 Å². The van der Waals surface area contributed by atoms with Crippen molar-refractivity contribution >= 4 is 22.7 Å². The molecule has 0 spiro atoms. The van der Waals surface area contributed by atoms with Crippen molar-refractivity contribution in [1.82, 2.24) is 0 Å². The summed E-state index contributed by atoms with van der Waals surface area (Å²) in [6.45, 7) is 7.29. The number of nitrogens with zero attached hydrogens (tertiary/aromatic N) is 1. The molecule has 0 saturated heterocycles. The second-order valence-electron chi connectivity index (χ2n) is 7.62. The van der Waals surface area contributed by atoms with Crippen LogP contribution in [0.1, 0.15) is 33.6 Å². The van der Waals surface area contributed by atoms with Crippen LogP contribution in [-0.4, -0.2) is 13.1 Å². The molecule has 0 bridgehead atoms. The maximum absolute atomic E-state index is 13.7. The van der Waals surface area contributed by atoms with Crippen molar-refractivity contribution in [2.24, 2.45) is 0 Å². The Morgan fingerprint density at radius 3 is 2.68 bits per heavy atom. The normalized spacial score (nSPS) is 13.5. The minimum Gasteiger partial charge on any atom is -0.385 e. The highest BCUT2D eigenvalue weighted by atomic mass is 32.1. The first kappa shape index (κ1) is 19.0. The Morgan fingerprint density at radius 1 is 1.11 bits per heavy atom. The molecular weight excluding hydrogens is 367 g/mol. The highest BCUT2D eigenvalue weighted by Gasteiger charge is 2.18. The van der Waals surface area contributed by atoms with Gasteiger partial charge in [0.05, 0.1) is 0 Å². The lowest BCUT2D eigenvalue weighted by Gasteiger charge is -2.30. The van der Waals surface area contributed by atoms with E-state index in [2.05, 4.69) is 47.6 Å². The molecule has 4 rings (SSSR count). The monoisotopic (exact) mass is 394 g/mol. The number of hydrogen-bond donors (Lipinski definition) is 1. The number of hydrogen-bond acceptors (Lipinski definition) is 3. The molecule has 2 heterocycles. The maximum atomic E-state index is 13.7. The number of fused-ring (bicyclic) bond motifs is 1. The fraction of sp³-hybridized carbons (Fsp3) is 0.333. The molecule has 1 aromatic heterocycles. The van der Waals surface area contributed by atoms with Gasteiger partial charge < -0.3 is 10.2 Å². The van der Waals surface area contributed by atoms with Gasteiger partial charge >= 0.3 is 0 Å². The fourth-order valence-electron chi connectivity index (χ4n) is 4.06. The summed E-state index contributed by atoms with van der Waals surface area (Å²) in [6, 6.07) is 13.9. The first-order valence-corrected chi connectivity index (χ1v) is 10.9. The standard InChI is InChI=1S/C24H27FN2S/c1-17-14-21(27-12-9-23-20(16-27)10-13-28-23)15-18(2)24(17)26-11-5-7-19-6-3-4-8-22(19)25/h3-4,6,8,10,13-15,26H,5,7,9,11-12,16H2,1-2H3. The van der Waals surface area contributed by atoms with Crippen molar-refractivity contribution in [1.29, 1.82) is 0 Å². The minimum absolute atomic E-state index is 0.102. The zero-order valence-electron chi connectivity index (χ0n) is 16.6.